The molecule has 0 spiro atoms. The quantitative estimate of drug-likeness (QED) is 0.227. The van der Waals surface area contributed by atoms with E-state index in [-0.39, 0.29) is 0 Å². The molecule has 3 heterocycles. The maximum absolute atomic E-state index is 9.62. The normalized spacial score (nSPS) is 11.3. The van der Waals surface area contributed by atoms with Crippen molar-refractivity contribution in [2.75, 3.05) is 0 Å². The Labute approximate surface area is 241 Å². The van der Waals surface area contributed by atoms with Crippen molar-refractivity contribution in [3.63, 3.8) is 0 Å². The molecular weight excluding hydrogens is 514 g/mol. The van der Waals surface area contributed by atoms with Crippen LogP contribution < -0.4 is 0 Å². The van der Waals surface area contributed by atoms with Gasteiger partial charge in [0.05, 0.1) is 45.3 Å². The lowest BCUT2D eigenvalue weighted by Crippen LogP contribution is -2.04. The summed E-state index contributed by atoms with van der Waals surface area (Å²) in [5, 5.41) is 23.4. The number of nitriles is 2. The van der Waals surface area contributed by atoms with Crippen molar-refractivity contribution in [3.8, 4) is 34.9 Å². The molecule has 5 nitrogen and oxygen atoms in total. The van der Waals surface area contributed by atoms with E-state index in [1.165, 1.54) is 10.8 Å². The maximum Gasteiger partial charge on any atom is 0.140 e. The summed E-state index contributed by atoms with van der Waals surface area (Å²) >= 11 is 0. The number of fused-ring (bicyclic) bond motifs is 6. The average molecular weight is 536 g/mol. The Bertz CT molecular complexity index is 2380. The molecule has 5 heteroatoms. The third-order valence-corrected chi connectivity index (χ3v) is 7.99. The molecule has 0 unspecified atom stereocenters. The van der Waals surface area contributed by atoms with Crippen molar-refractivity contribution in [2.45, 2.75) is 0 Å². The van der Waals surface area contributed by atoms with Crippen LogP contribution in [0.1, 0.15) is 11.1 Å². The van der Waals surface area contributed by atoms with Crippen LogP contribution in [0.2, 0.25) is 0 Å². The van der Waals surface area contributed by atoms with Crippen molar-refractivity contribution in [3.05, 3.63) is 139 Å². The summed E-state index contributed by atoms with van der Waals surface area (Å²) in [6, 6.07) is 47.3. The Morgan fingerprint density at radius 2 is 0.881 bits per heavy atom. The van der Waals surface area contributed by atoms with Gasteiger partial charge in [-0.05, 0) is 71.8 Å². The van der Waals surface area contributed by atoms with Gasteiger partial charge in [0.2, 0.25) is 0 Å². The van der Waals surface area contributed by atoms with E-state index in [2.05, 4.69) is 94.1 Å². The van der Waals surface area contributed by atoms with Crippen LogP contribution in [0.15, 0.2) is 127 Å². The summed E-state index contributed by atoms with van der Waals surface area (Å²) in [5.41, 5.74) is 7.37. The van der Waals surface area contributed by atoms with Crippen LogP contribution in [0.5, 0.6) is 0 Å². The lowest BCUT2D eigenvalue weighted by Gasteiger charge is -2.14. The molecule has 0 fully saturated rings. The molecule has 8 rings (SSSR count). The Morgan fingerprint density at radius 1 is 0.429 bits per heavy atom. The van der Waals surface area contributed by atoms with Gasteiger partial charge in [0, 0.05) is 21.5 Å². The molecule has 8 aromatic rings. The van der Waals surface area contributed by atoms with Crippen LogP contribution in [-0.2, 0) is 0 Å². The lowest BCUT2D eigenvalue weighted by molar-refractivity contribution is 1.01. The second kappa shape index (κ2) is 9.20. The summed E-state index contributed by atoms with van der Waals surface area (Å²) in [5.74, 6) is 1.56. The van der Waals surface area contributed by atoms with E-state index >= 15 is 0 Å². The van der Waals surface area contributed by atoms with Crippen molar-refractivity contribution in [1.82, 2.24) is 14.1 Å². The third kappa shape index (κ3) is 3.52. The number of rotatable bonds is 3. The fraction of sp³-hybridized carbons (Fsp3) is 0. The molecule has 0 N–H and O–H groups in total. The summed E-state index contributed by atoms with van der Waals surface area (Å²) in [4.78, 5) is 5.33. The fourth-order valence-electron chi connectivity index (χ4n) is 6.09. The zero-order valence-corrected chi connectivity index (χ0v) is 22.4. The molecule has 194 valence electrons. The van der Waals surface area contributed by atoms with Crippen LogP contribution in [0.4, 0.5) is 0 Å². The van der Waals surface area contributed by atoms with E-state index in [1.54, 1.807) is 0 Å². The second-order valence-electron chi connectivity index (χ2n) is 10.3. The number of para-hydroxylation sites is 3. The van der Waals surface area contributed by atoms with E-state index in [0.29, 0.717) is 11.1 Å². The predicted octanol–water partition coefficient (Wildman–Crippen LogP) is 8.69. The zero-order chi connectivity index (χ0) is 28.2. The molecule has 0 amide bonds. The predicted molar refractivity (Wildman–Crippen MR) is 168 cm³/mol. The topological polar surface area (TPSA) is 70.3 Å². The highest BCUT2D eigenvalue weighted by Gasteiger charge is 2.18. The van der Waals surface area contributed by atoms with E-state index < -0.39 is 0 Å². The minimum absolute atomic E-state index is 0.617. The van der Waals surface area contributed by atoms with Crippen molar-refractivity contribution in [1.29, 1.82) is 10.5 Å². The first-order valence-corrected chi connectivity index (χ1v) is 13.7. The van der Waals surface area contributed by atoms with Gasteiger partial charge >= 0.3 is 0 Å². The van der Waals surface area contributed by atoms with Gasteiger partial charge in [-0.1, -0.05) is 66.7 Å². The molecule has 3 aromatic heterocycles. The first-order chi connectivity index (χ1) is 20.7. The number of pyridine rings is 1. The summed E-state index contributed by atoms with van der Waals surface area (Å²) in [7, 11) is 0. The third-order valence-electron chi connectivity index (χ3n) is 7.99. The number of benzene rings is 5. The highest BCUT2D eigenvalue weighted by molar-refractivity contribution is 6.10. The molecule has 0 aliphatic heterocycles. The van der Waals surface area contributed by atoms with Gasteiger partial charge < -0.3 is 0 Å². The zero-order valence-electron chi connectivity index (χ0n) is 22.4. The second-order valence-corrected chi connectivity index (χ2v) is 10.3. The Hall–Kier alpha value is -6.17. The lowest BCUT2D eigenvalue weighted by atomic mass is 10.0. The van der Waals surface area contributed by atoms with E-state index in [4.69, 9.17) is 4.98 Å². The van der Waals surface area contributed by atoms with Crippen molar-refractivity contribution < 1.29 is 0 Å². The standard InChI is InChI=1S/C37H21N5/c38-22-24-13-16-26(17-14-24)27-20-36(41-32-10-4-1-7-28(32)29-8-2-5-11-33(29)41)40-37(21-27)42-34-12-6-3-9-30(34)31-19-25(23-39)15-18-35(31)42/h1-21H. The Morgan fingerprint density at radius 3 is 1.40 bits per heavy atom. The number of hydrogen-bond acceptors (Lipinski definition) is 3. The van der Waals surface area contributed by atoms with Crippen LogP contribution >= 0.6 is 0 Å². The van der Waals surface area contributed by atoms with Gasteiger partial charge in [-0.2, -0.15) is 10.5 Å². The number of nitrogens with zero attached hydrogens (tertiary/aromatic N) is 5. The molecular formula is C37H21N5. The fourth-order valence-corrected chi connectivity index (χ4v) is 6.09. The number of aromatic nitrogens is 3. The largest absolute Gasteiger partial charge is 0.294 e. The molecule has 5 aromatic carbocycles. The molecule has 0 radical (unpaired) electrons. The van der Waals surface area contributed by atoms with Crippen LogP contribution in [0.25, 0.3) is 66.4 Å². The minimum atomic E-state index is 0.617. The summed E-state index contributed by atoms with van der Waals surface area (Å²) < 4.78 is 4.40. The summed E-state index contributed by atoms with van der Waals surface area (Å²) in [6.07, 6.45) is 0. The smallest absolute Gasteiger partial charge is 0.140 e. The van der Waals surface area contributed by atoms with Crippen LogP contribution in [0.3, 0.4) is 0 Å². The van der Waals surface area contributed by atoms with Gasteiger partial charge in [0.1, 0.15) is 11.6 Å². The van der Waals surface area contributed by atoms with Gasteiger partial charge in [0.15, 0.2) is 0 Å². The van der Waals surface area contributed by atoms with Gasteiger partial charge in [-0.15, -0.1) is 0 Å². The number of hydrogen-bond donors (Lipinski definition) is 0. The van der Waals surface area contributed by atoms with E-state index in [0.717, 1.165) is 55.6 Å². The monoisotopic (exact) mass is 535 g/mol. The van der Waals surface area contributed by atoms with Gasteiger partial charge in [-0.3, -0.25) is 9.13 Å². The maximum atomic E-state index is 9.62. The van der Waals surface area contributed by atoms with Crippen LogP contribution in [-0.4, -0.2) is 14.1 Å². The van der Waals surface area contributed by atoms with Crippen molar-refractivity contribution >= 4 is 43.6 Å². The van der Waals surface area contributed by atoms with Crippen LogP contribution in [0, 0.1) is 22.7 Å². The average Bonchev–Trinajstić information content (AvgIpc) is 3.57. The first-order valence-electron chi connectivity index (χ1n) is 13.7. The molecule has 0 aliphatic carbocycles. The SMILES string of the molecule is N#Cc1ccc(-c2cc(-n3c4ccccc4c4ccccc43)nc(-n3c4ccccc4c4cc(C#N)ccc43)c2)cc1. The first kappa shape index (κ1) is 23.7. The Balaban J connectivity index is 1.49. The highest BCUT2D eigenvalue weighted by atomic mass is 15.1. The molecule has 0 aliphatic rings. The summed E-state index contributed by atoms with van der Waals surface area (Å²) in [6.45, 7) is 0. The minimum Gasteiger partial charge on any atom is -0.294 e. The molecule has 0 saturated carbocycles. The van der Waals surface area contributed by atoms with E-state index in [9.17, 15) is 10.5 Å². The van der Waals surface area contributed by atoms with E-state index in [1.807, 2.05) is 54.6 Å². The van der Waals surface area contributed by atoms with Gasteiger partial charge in [0.25, 0.3) is 0 Å². The van der Waals surface area contributed by atoms with Gasteiger partial charge in [-0.25, -0.2) is 4.98 Å². The van der Waals surface area contributed by atoms with Crippen molar-refractivity contribution in [2.24, 2.45) is 0 Å². The molecule has 0 bridgehead atoms. The molecule has 0 atom stereocenters. The molecule has 42 heavy (non-hydrogen) atoms. The molecule has 0 saturated heterocycles. The highest BCUT2D eigenvalue weighted by Crippen LogP contribution is 2.36. The Kier molecular flexibility index (Phi) is 5.19.